The van der Waals surface area contributed by atoms with Crippen molar-refractivity contribution >= 4 is 5.91 Å². The molecule has 202 valence electrons. The molecular formula is C30H32N4O5. The van der Waals surface area contributed by atoms with Crippen LogP contribution in [0.15, 0.2) is 80.8 Å². The van der Waals surface area contributed by atoms with Crippen LogP contribution >= 0.6 is 0 Å². The molecule has 0 bridgehead atoms. The molecule has 1 saturated heterocycles. The summed E-state index contributed by atoms with van der Waals surface area (Å²) in [5.41, 5.74) is 5.15. The summed E-state index contributed by atoms with van der Waals surface area (Å²) in [6.07, 6.45) is 0.990. The first kappa shape index (κ1) is 26.2. The fourth-order valence-corrected chi connectivity index (χ4v) is 4.97. The van der Waals surface area contributed by atoms with Gasteiger partial charge in [-0.2, -0.15) is 0 Å². The number of hydrogen-bond donors (Lipinski definition) is 2. The van der Waals surface area contributed by atoms with E-state index in [-0.39, 0.29) is 12.5 Å². The van der Waals surface area contributed by atoms with Gasteiger partial charge in [0.05, 0.1) is 6.54 Å². The van der Waals surface area contributed by atoms with Crippen LogP contribution in [0.3, 0.4) is 0 Å². The summed E-state index contributed by atoms with van der Waals surface area (Å²) in [6.45, 7) is 7.11. The van der Waals surface area contributed by atoms with Crippen molar-refractivity contribution in [1.82, 2.24) is 19.9 Å². The zero-order valence-electron chi connectivity index (χ0n) is 22.1. The summed E-state index contributed by atoms with van der Waals surface area (Å²) in [6, 6.07) is 21.7. The molecule has 2 N–H and O–H groups in total. The molecule has 1 unspecified atom stereocenters. The minimum Gasteiger partial charge on any atom is -0.489 e. The third kappa shape index (κ3) is 6.21. The highest BCUT2D eigenvalue weighted by molar-refractivity contribution is 5.95. The van der Waals surface area contributed by atoms with Gasteiger partial charge in [-0.05, 0) is 78.0 Å². The van der Waals surface area contributed by atoms with Gasteiger partial charge in [-0.1, -0.05) is 43.3 Å². The van der Waals surface area contributed by atoms with Crippen molar-refractivity contribution in [1.29, 1.82) is 0 Å². The first-order chi connectivity index (χ1) is 18.9. The number of carbonyl (C=O) groups is 1. The number of ether oxygens (including phenoxy) is 1. The molecule has 1 atom stereocenters. The van der Waals surface area contributed by atoms with Crippen molar-refractivity contribution in [3.05, 3.63) is 110 Å². The average Bonchev–Trinajstić information content (AvgIpc) is 3.53. The van der Waals surface area contributed by atoms with E-state index in [1.54, 1.807) is 0 Å². The van der Waals surface area contributed by atoms with Gasteiger partial charge in [0.2, 0.25) is 0 Å². The van der Waals surface area contributed by atoms with Crippen molar-refractivity contribution in [2.45, 2.75) is 39.5 Å². The number of rotatable bonds is 9. The molecule has 1 amide bonds. The van der Waals surface area contributed by atoms with E-state index < -0.39 is 11.4 Å². The molecule has 0 aliphatic carbocycles. The average molecular weight is 529 g/mol. The normalized spacial score (nSPS) is 15.0. The molecule has 3 aromatic carbocycles. The van der Waals surface area contributed by atoms with Crippen molar-refractivity contribution in [2.75, 3.05) is 19.6 Å². The standard InChI is InChI=1S/C30H32N4O5/c1-3-31-25-13-14-33(18-25)28(35)24-9-12-27(20(2)15-24)23-6-4-5-22(16-23)19-38-26-10-7-21(8-11-26)17-34-29(36)32-30(37)39-34/h4-12,15-16,25,31H,3,13-14,17-19H2,1-2H3,(H,32,36,37). The van der Waals surface area contributed by atoms with Crippen LogP contribution in [0.25, 0.3) is 11.1 Å². The summed E-state index contributed by atoms with van der Waals surface area (Å²) in [7, 11) is 0. The lowest BCUT2D eigenvalue weighted by Gasteiger charge is -2.18. The first-order valence-electron chi connectivity index (χ1n) is 13.1. The van der Waals surface area contributed by atoms with Gasteiger partial charge in [-0.25, -0.2) is 14.6 Å². The Morgan fingerprint density at radius 2 is 1.90 bits per heavy atom. The Morgan fingerprint density at radius 1 is 1.08 bits per heavy atom. The van der Waals surface area contributed by atoms with E-state index in [0.29, 0.717) is 18.4 Å². The Balaban J connectivity index is 1.22. The summed E-state index contributed by atoms with van der Waals surface area (Å²) in [5, 5.41) is 3.43. The van der Waals surface area contributed by atoms with Gasteiger partial charge in [-0.15, -0.1) is 4.74 Å². The van der Waals surface area contributed by atoms with Gasteiger partial charge in [0.1, 0.15) is 12.4 Å². The highest BCUT2D eigenvalue weighted by atomic mass is 16.5. The highest BCUT2D eigenvalue weighted by Gasteiger charge is 2.26. The number of aromatic amines is 1. The smallest absolute Gasteiger partial charge is 0.440 e. The number of nitrogens with one attached hydrogen (secondary N) is 2. The Labute approximate surface area is 226 Å². The molecule has 0 radical (unpaired) electrons. The lowest BCUT2D eigenvalue weighted by Crippen LogP contribution is -2.35. The number of aromatic nitrogens is 2. The number of amides is 1. The van der Waals surface area contributed by atoms with E-state index >= 15 is 0 Å². The number of hydrogen-bond acceptors (Lipinski definition) is 6. The monoisotopic (exact) mass is 528 g/mol. The Kier molecular flexibility index (Phi) is 7.79. The molecule has 4 aromatic rings. The van der Waals surface area contributed by atoms with Crippen molar-refractivity contribution in [3.8, 4) is 16.9 Å². The fourth-order valence-electron chi connectivity index (χ4n) is 4.97. The maximum atomic E-state index is 13.0. The molecule has 2 heterocycles. The number of H-pyrrole nitrogens is 1. The second-order valence-electron chi connectivity index (χ2n) is 9.80. The molecule has 0 spiro atoms. The van der Waals surface area contributed by atoms with Crippen LogP contribution < -0.4 is 21.5 Å². The number of benzene rings is 3. The number of nitrogens with zero attached hydrogens (tertiary/aromatic N) is 2. The van der Waals surface area contributed by atoms with Crippen molar-refractivity contribution in [2.24, 2.45) is 0 Å². The van der Waals surface area contributed by atoms with Crippen LogP contribution in [0.4, 0.5) is 0 Å². The molecule has 1 fully saturated rings. The summed E-state index contributed by atoms with van der Waals surface area (Å²) in [5.74, 6) is -0.00515. The van der Waals surface area contributed by atoms with Crippen LogP contribution in [0, 0.1) is 6.92 Å². The largest absolute Gasteiger partial charge is 0.489 e. The second-order valence-corrected chi connectivity index (χ2v) is 9.80. The predicted molar refractivity (Wildman–Crippen MR) is 148 cm³/mol. The summed E-state index contributed by atoms with van der Waals surface area (Å²) >= 11 is 0. The van der Waals surface area contributed by atoms with E-state index in [0.717, 1.165) is 64.2 Å². The van der Waals surface area contributed by atoms with E-state index in [1.165, 1.54) is 0 Å². The zero-order chi connectivity index (χ0) is 27.4. The Morgan fingerprint density at radius 3 is 2.62 bits per heavy atom. The van der Waals surface area contributed by atoms with Gasteiger partial charge in [0.15, 0.2) is 0 Å². The third-order valence-electron chi connectivity index (χ3n) is 6.96. The number of likely N-dealkylation sites (tertiary alicyclic amines) is 1. The third-order valence-corrected chi connectivity index (χ3v) is 6.96. The summed E-state index contributed by atoms with van der Waals surface area (Å²) < 4.78 is 11.8. The van der Waals surface area contributed by atoms with Crippen LogP contribution in [0.5, 0.6) is 5.75 Å². The van der Waals surface area contributed by atoms with Crippen molar-refractivity contribution in [3.63, 3.8) is 0 Å². The van der Waals surface area contributed by atoms with E-state index in [1.807, 2.05) is 66.4 Å². The van der Waals surface area contributed by atoms with E-state index in [2.05, 4.69) is 29.4 Å². The quantitative estimate of drug-likeness (QED) is 0.344. The Hall–Kier alpha value is -4.37. The molecule has 1 aliphatic heterocycles. The molecule has 1 aromatic heterocycles. The molecule has 1 aliphatic rings. The number of aryl methyl sites for hydroxylation is 1. The minimum absolute atomic E-state index is 0.0860. The predicted octanol–water partition coefficient (Wildman–Crippen LogP) is 3.56. The van der Waals surface area contributed by atoms with Crippen LogP contribution in [-0.2, 0) is 13.2 Å². The van der Waals surface area contributed by atoms with Gasteiger partial charge < -0.3 is 19.5 Å². The lowest BCUT2D eigenvalue weighted by atomic mass is 9.97. The second kappa shape index (κ2) is 11.6. The molecule has 0 saturated carbocycles. The maximum absolute atomic E-state index is 13.0. The van der Waals surface area contributed by atoms with Crippen molar-refractivity contribution < 1.29 is 14.1 Å². The summed E-state index contributed by atoms with van der Waals surface area (Å²) in [4.78, 5) is 39.8. The van der Waals surface area contributed by atoms with Crippen LogP contribution in [0.2, 0.25) is 0 Å². The highest BCUT2D eigenvalue weighted by Crippen LogP contribution is 2.27. The molecule has 5 rings (SSSR count). The van der Waals surface area contributed by atoms with Crippen LogP contribution in [-0.4, -0.2) is 46.2 Å². The lowest BCUT2D eigenvalue weighted by molar-refractivity contribution is 0.0789. The minimum atomic E-state index is -0.776. The van der Waals surface area contributed by atoms with E-state index in [4.69, 9.17) is 9.26 Å². The SMILES string of the molecule is CCNC1CCN(C(=O)c2ccc(-c3cccc(COc4ccc(Cn5oc(=O)[nH]c5=O)cc4)c3)c(C)c2)C1. The molecule has 39 heavy (non-hydrogen) atoms. The topological polar surface area (TPSA) is 110 Å². The van der Waals surface area contributed by atoms with Gasteiger partial charge >= 0.3 is 11.4 Å². The van der Waals surface area contributed by atoms with Gasteiger partial charge in [0.25, 0.3) is 5.91 Å². The van der Waals surface area contributed by atoms with Crippen LogP contribution in [0.1, 0.15) is 40.4 Å². The maximum Gasteiger partial charge on any atom is 0.440 e. The first-order valence-corrected chi connectivity index (χ1v) is 13.1. The molecular weight excluding hydrogens is 496 g/mol. The molecule has 9 nitrogen and oxygen atoms in total. The Bertz CT molecular complexity index is 1570. The molecule has 9 heteroatoms. The van der Waals surface area contributed by atoms with E-state index in [9.17, 15) is 14.4 Å². The number of carbonyl (C=O) groups excluding carboxylic acids is 1. The number of likely N-dealkylation sites (N-methyl/N-ethyl adjacent to an activating group) is 1. The van der Waals surface area contributed by atoms with Gasteiger partial charge in [0, 0.05) is 24.7 Å². The fraction of sp³-hybridized carbons (Fsp3) is 0.300. The van der Waals surface area contributed by atoms with Gasteiger partial charge in [-0.3, -0.25) is 4.79 Å². The zero-order valence-corrected chi connectivity index (χ0v) is 22.1.